The van der Waals surface area contributed by atoms with E-state index >= 15 is 0 Å². The van der Waals surface area contributed by atoms with Gasteiger partial charge in [-0.2, -0.15) is 0 Å². The third-order valence-electron chi connectivity index (χ3n) is 12.2. The zero-order valence-electron chi connectivity index (χ0n) is 35.2. The molecule has 13 atom stereocenters. The number of cyclic esters (lactones) is 1. The number of carbonyl (C=O) groups is 2. The standard InChI is InChI=1S/C42H61N5O10S/c1-10-33-42(7)37(45-40(43)57-42)26(5)35(48)23(2)18-41(6)34(56-39-36(49)30(47(8)9)16-24(3)54-39)17-31(25(4)38(50)55-33)51-20-28(21-52-41)46-53-22-29-13-14-32(58-29)27-12-11-15-44-19-27/h11-15,19,23-26,30-31,33-34,36-37,39,49H,10,16-18,20-22H2,1-9H3,(H2,43,45)/b46-28+/t23-,24-,25-,26+,30+,31-,33-,34-,36-,37?,39?,41+,42?/m1/s1. The molecule has 2 aromatic heterocycles. The number of aromatic nitrogens is 1. The molecule has 320 valence electrons. The zero-order valence-corrected chi connectivity index (χ0v) is 36.0. The van der Waals surface area contributed by atoms with Gasteiger partial charge in [0, 0.05) is 52.0 Å². The van der Waals surface area contributed by atoms with E-state index in [9.17, 15) is 14.7 Å². The molecule has 0 saturated carbocycles. The summed E-state index contributed by atoms with van der Waals surface area (Å²) in [7, 11) is 3.82. The van der Waals surface area contributed by atoms with E-state index in [2.05, 4.69) is 15.1 Å². The van der Waals surface area contributed by atoms with Gasteiger partial charge >= 0.3 is 5.97 Å². The number of nitrogens with two attached hydrogens (primary N) is 1. The number of aliphatic imine (C=N–C) groups is 1. The van der Waals surface area contributed by atoms with E-state index < -0.39 is 71.7 Å². The Morgan fingerprint density at radius 2 is 1.86 bits per heavy atom. The van der Waals surface area contributed by atoms with Gasteiger partial charge in [-0.3, -0.25) is 14.6 Å². The molecule has 0 aliphatic carbocycles. The number of Topliss-reactive ketones (excluding diaryl/α,β-unsaturated/α-hetero) is 1. The number of likely N-dealkylation sites (N-methyl/N-ethyl adjacent to an activating group) is 1. The van der Waals surface area contributed by atoms with Crippen LogP contribution >= 0.6 is 11.3 Å². The number of oxime groups is 1. The Morgan fingerprint density at radius 1 is 1.09 bits per heavy atom. The average molecular weight is 828 g/mol. The summed E-state index contributed by atoms with van der Waals surface area (Å²) in [5, 5.41) is 16.1. The maximum atomic E-state index is 14.5. The number of hydrogen-bond acceptors (Lipinski definition) is 16. The fourth-order valence-electron chi connectivity index (χ4n) is 8.79. The quantitative estimate of drug-likeness (QED) is 0.275. The van der Waals surface area contributed by atoms with Gasteiger partial charge < -0.3 is 49.0 Å². The molecule has 2 aromatic rings. The van der Waals surface area contributed by atoms with E-state index in [1.54, 1.807) is 31.4 Å². The van der Waals surface area contributed by atoms with Crippen molar-refractivity contribution in [2.24, 2.45) is 33.6 Å². The van der Waals surface area contributed by atoms with Crippen molar-refractivity contribution < 1.29 is 48.0 Å². The van der Waals surface area contributed by atoms with Crippen LogP contribution < -0.4 is 5.73 Å². The lowest BCUT2D eigenvalue weighted by atomic mass is 9.75. The maximum Gasteiger partial charge on any atom is 0.311 e. The van der Waals surface area contributed by atoms with Gasteiger partial charge in [0.15, 0.2) is 18.5 Å². The summed E-state index contributed by atoms with van der Waals surface area (Å²) in [5.74, 6) is -2.64. The minimum atomic E-state index is -1.19. The molecule has 4 aliphatic heterocycles. The number of nitrogens with zero attached hydrogens (tertiary/aromatic N) is 4. The Morgan fingerprint density at radius 3 is 2.57 bits per heavy atom. The number of aliphatic hydroxyl groups excluding tert-OH is 1. The van der Waals surface area contributed by atoms with Gasteiger partial charge in [0.2, 0.25) is 0 Å². The monoisotopic (exact) mass is 827 g/mol. The smallest absolute Gasteiger partial charge is 0.311 e. The highest BCUT2D eigenvalue weighted by Crippen LogP contribution is 2.41. The zero-order chi connectivity index (χ0) is 41.9. The van der Waals surface area contributed by atoms with Gasteiger partial charge in [-0.05, 0) is 79.3 Å². The van der Waals surface area contributed by atoms with Crippen LogP contribution in [0.4, 0.5) is 0 Å². The molecule has 2 bridgehead atoms. The number of ether oxygens (including phenoxy) is 6. The van der Waals surface area contributed by atoms with Gasteiger partial charge in [0.1, 0.15) is 29.7 Å². The van der Waals surface area contributed by atoms with Crippen molar-refractivity contribution in [2.45, 2.75) is 141 Å². The second kappa shape index (κ2) is 18.4. The second-order valence-corrected chi connectivity index (χ2v) is 18.1. The average Bonchev–Trinajstić information content (AvgIpc) is 3.81. The summed E-state index contributed by atoms with van der Waals surface area (Å²) in [6.07, 6.45) is 0.259. The first-order valence-electron chi connectivity index (χ1n) is 20.4. The van der Waals surface area contributed by atoms with Crippen molar-refractivity contribution in [3.63, 3.8) is 0 Å². The molecule has 3 unspecified atom stereocenters. The highest BCUT2D eigenvalue weighted by molar-refractivity contribution is 7.15. The summed E-state index contributed by atoms with van der Waals surface area (Å²) in [4.78, 5) is 47.4. The number of fused-ring (bicyclic) bond motifs is 4. The van der Waals surface area contributed by atoms with Crippen molar-refractivity contribution in [3.8, 4) is 10.4 Å². The van der Waals surface area contributed by atoms with Gasteiger partial charge in [0.05, 0.1) is 43.0 Å². The topological polar surface area (TPSA) is 186 Å². The molecule has 6 heterocycles. The highest BCUT2D eigenvalue weighted by Gasteiger charge is 2.55. The Kier molecular flexibility index (Phi) is 14.0. The number of ketones is 1. The van der Waals surface area contributed by atoms with Gasteiger partial charge in [0.25, 0.3) is 6.02 Å². The number of aliphatic hydroxyl groups is 1. The summed E-state index contributed by atoms with van der Waals surface area (Å²) in [6, 6.07) is 6.91. The van der Waals surface area contributed by atoms with Crippen molar-refractivity contribution in [2.75, 3.05) is 27.3 Å². The number of thiophene rings is 1. The molecule has 0 aromatic carbocycles. The van der Waals surface area contributed by atoms with E-state index in [4.69, 9.17) is 39.0 Å². The summed E-state index contributed by atoms with van der Waals surface area (Å²) < 4.78 is 38.9. The Hall–Kier alpha value is -3.51. The number of pyridine rings is 1. The van der Waals surface area contributed by atoms with E-state index in [0.29, 0.717) is 18.6 Å². The third-order valence-corrected chi connectivity index (χ3v) is 13.3. The van der Waals surface area contributed by atoms with Crippen molar-refractivity contribution >= 4 is 34.8 Å². The molecule has 16 heteroatoms. The molecule has 3 saturated heterocycles. The fourth-order valence-corrected chi connectivity index (χ4v) is 9.69. The largest absolute Gasteiger partial charge is 0.458 e. The summed E-state index contributed by atoms with van der Waals surface area (Å²) in [5.41, 5.74) is 5.23. The number of rotatable bonds is 8. The number of hydrogen-bond donors (Lipinski definition) is 2. The summed E-state index contributed by atoms with van der Waals surface area (Å²) >= 11 is 1.58. The van der Waals surface area contributed by atoms with Gasteiger partial charge in [-0.15, -0.1) is 11.3 Å². The second-order valence-electron chi connectivity index (χ2n) is 16.9. The van der Waals surface area contributed by atoms with Crippen LogP contribution in [0.3, 0.4) is 0 Å². The van der Waals surface area contributed by atoms with Crippen molar-refractivity contribution in [1.29, 1.82) is 0 Å². The molecular weight excluding hydrogens is 767 g/mol. The minimum absolute atomic E-state index is 0.0191. The Bertz CT molecular complexity index is 1790. The predicted molar refractivity (Wildman–Crippen MR) is 218 cm³/mol. The molecule has 3 fully saturated rings. The molecule has 15 nitrogen and oxygen atoms in total. The lowest BCUT2D eigenvalue weighted by molar-refractivity contribution is -0.294. The Balaban J connectivity index is 1.35. The maximum absolute atomic E-state index is 14.5. The van der Waals surface area contributed by atoms with E-state index in [1.807, 2.05) is 84.1 Å². The van der Waals surface area contributed by atoms with E-state index in [-0.39, 0.29) is 56.6 Å². The molecular formula is C42H61N5O10S. The molecule has 0 amide bonds. The van der Waals surface area contributed by atoms with Crippen LogP contribution in [-0.2, 0) is 49.5 Å². The lowest BCUT2D eigenvalue weighted by Gasteiger charge is -2.46. The molecule has 0 spiro atoms. The van der Waals surface area contributed by atoms with Crippen molar-refractivity contribution in [1.82, 2.24) is 9.88 Å². The predicted octanol–water partition coefficient (Wildman–Crippen LogP) is 4.73. The SMILES string of the molecule is CC[C@H]1OC(=O)[C@H](C)[C@H]2C[C@@H](OC3O[C@H](C)C[C@H](N(C)C)[C@H]3O)[C@](C)(C[C@@H](C)C(=O)[C@H](C)C3N=C(N)OC31C)OC/C(=N/OCc1ccc(-c3cccnc3)s1)CO2. The van der Waals surface area contributed by atoms with Crippen LogP contribution in [-0.4, -0.2) is 126 Å². The van der Waals surface area contributed by atoms with Gasteiger partial charge in [-0.1, -0.05) is 32.0 Å². The van der Waals surface area contributed by atoms with E-state index in [0.717, 1.165) is 15.3 Å². The first-order valence-corrected chi connectivity index (χ1v) is 21.2. The number of esters is 1. The van der Waals surface area contributed by atoms with Crippen LogP contribution in [0.2, 0.25) is 0 Å². The molecule has 3 N–H and O–H groups in total. The van der Waals surface area contributed by atoms with E-state index in [1.165, 1.54) is 0 Å². The van der Waals surface area contributed by atoms with Crippen molar-refractivity contribution in [3.05, 3.63) is 41.5 Å². The first-order chi connectivity index (χ1) is 27.5. The molecule has 4 aliphatic rings. The first kappa shape index (κ1) is 44.1. The van der Waals surface area contributed by atoms with Crippen LogP contribution in [0.15, 0.2) is 46.8 Å². The Labute approximate surface area is 345 Å². The van der Waals surface area contributed by atoms with Crippen LogP contribution in [0.1, 0.15) is 79.0 Å². The highest BCUT2D eigenvalue weighted by atomic mass is 32.1. The number of amidine groups is 1. The van der Waals surface area contributed by atoms with Crippen LogP contribution in [0, 0.1) is 17.8 Å². The molecule has 6 rings (SSSR count). The minimum Gasteiger partial charge on any atom is -0.458 e. The lowest BCUT2D eigenvalue weighted by Crippen LogP contribution is -2.58. The fraction of sp³-hybridized carbons (Fsp3) is 0.690. The molecule has 58 heavy (non-hydrogen) atoms. The van der Waals surface area contributed by atoms with Crippen LogP contribution in [0.25, 0.3) is 10.4 Å². The van der Waals surface area contributed by atoms with Gasteiger partial charge in [-0.25, -0.2) is 4.99 Å². The summed E-state index contributed by atoms with van der Waals surface area (Å²) in [6.45, 7) is 13.1. The molecule has 0 radical (unpaired) electrons. The number of carbonyl (C=O) groups excluding carboxylic acids is 2. The normalized spacial score (nSPS) is 38.5. The van der Waals surface area contributed by atoms with Crippen LogP contribution in [0.5, 0.6) is 0 Å². The third kappa shape index (κ3) is 9.59.